The highest BCUT2D eigenvalue weighted by molar-refractivity contribution is 5.66. The van der Waals surface area contributed by atoms with Crippen molar-refractivity contribution in [3.05, 3.63) is 6.33 Å². The van der Waals surface area contributed by atoms with Crippen molar-refractivity contribution in [3.8, 4) is 5.88 Å². The monoisotopic (exact) mass is 292 g/mol. The van der Waals surface area contributed by atoms with Crippen molar-refractivity contribution < 1.29 is 17.9 Å². The topological polar surface area (TPSA) is 73.1 Å². The molecule has 0 bridgehead atoms. The minimum atomic E-state index is -4.10. The number of alkyl halides is 3. The summed E-state index contributed by atoms with van der Waals surface area (Å²) in [7, 11) is 0. The van der Waals surface area contributed by atoms with E-state index >= 15 is 0 Å². The van der Waals surface area contributed by atoms with Crippen molar-refractivity contribution in [1.29, 1.82) is 0 Å². The molecule has 0 saturated carbocycles. The second-order valence-electron chi connectivity index (χ2n) is 4.61. The molecule has 20 heavy (non-hydrogen) atoms. The van der Waals surface area contributed by atoms with Crippen LogP contribution in [0, 0.1) is 0 Å². The van der Waals surface area contributed by atoms with E-state index in [2.05, 4.69) is 15.3 Å². The van der Waals surface area contributed by atoms with Crippen LogP contribution in [0.4, 0.5) is 24.7 Å². The van der Waals surface area contributed by atoms with Gasteiger partial charge >= 0.3 is 6.18 Å². The lowest BCUT2D eigenvalue weighted by atomic mass is 10.2. The number of aromatic nitrogens is 2. The number of unbranched alkanes of at least 4 members (excludes halogenated alkanes) is 1. The van der Waals surface area contributed by atoms with Gasteiger partial charge in [-0.25, -0.2) is 4.98 Å². The molecular weight excluding hydrogens is 273 g/mol. The lowest BCUT2D eigenvalue weighted by Gasteiger charge is -2.13. The molecule has 0 aliphatic carbocycles. The molecule has 0 radical (unpaired) electrons. The minimum absolute atomic E-state index is 0.0663. The fourth-order valence-electron chi connectivity index (χ4n) is 1.49. The van der Waals surface area contributed by atoms with Crippen LogP contribution in [0.15, 0.2) is 6.33 Å². The van der Waals surface area contributed by atoms with Gasteiger partial charge < -0.3 is 15.8 Å². The van der Waals surface area contributed by atoms with Crippen molar-refractivity contribution in [2.24, 2.45) is 0 Å². The molecule has 1 heterocycles. The molecule has 5 nitrogen and oxygen atoms in total. The van der Waals surface area contributed by atoms with Crippen LogP contribution in [0.25, 0.3) is 0 Å². The average Bonchev–Trinajstić information content (AvgIpc) is 2.31. The minimum Gasteiger partial charge on any atom is -0.473 e. The SMILES string of the molecule is CC(C)Oc1ncnc(NCCCCC(F)(F)F)c1N. The Balaban J connectivity index is 2.44. The molecule has 0 saturated heterocycles. The summed E-state index contributed by atoms with van der Waals surface area (Å²) in [6.45, 7) is 4.04. The molecule has 8 heteroatoms. The second kappa shape index (κ2) is 7.16. The Hall–Kier alpha value is -1.73. The quantitative estimate of drug-likeness (QED) is 0.756. The predicted octanol–water partition coefficient (Wildman–Crippen LogP) is 2.99. The Kier molecular flexibility index (Phi) is 5.84. The Morgan fingerprint density at radius 2 is 2.00 bits per heavy atom. The van der Waals surface area contributed by atoms with Gasteiger partial charge in [-0.15, -0.1) is 0 Å². The summed E-state index contributed by atoms with van der Waals surface area (Å²) in [5, 5.41) is 2.89. The van der Waals surface area contributed by atoms with Gasteiger partial charge in [0.2, 0.25) is 5.88 Å². The highest BCUT2D eigenvalue weighted by atomic mass is 19.4. The largest absolute Gasteiger partial charge is 0.473 e. The molecule has 1 aromatic heterocycles. The Bertz CT molecular complexity index is 424. The summed E-state index contributed by atoms with van der Waals surface area (Å²) >= 11 is 0. The number of hydrogen-bond donors (Lipinski definition) is 2. The summed E-state index contributed by atoms with van der Waals surface area (Å²) in [5.74, 6) is 0.649. The molecule has 0 amide bonds. The molecule has 114 valence electrons. The fourth-order valence-corrected chi connectivity index (χ4v) is 1.49. The number of rotatable bonds is 7. The molecule has 0 aliphatic rings. The third kappa shape index (κ3) is 5.94. The van der Waals surface area contributed by atoms with Gasteiger partial charge in [-0.2, -0.15) is 18.2 Å². The number of nitrogens with zero attached hydrogens (tertiary/aromatic N) is 2. The summed E-state index contributed by atoms with van der Waals surface area (Å²) in [4.78, 5) is 7.85. The zero-order valence-electron chi connectivity index (χ0n) is 11.5. The molecule has 0 aromatic carbocycles. The van der Waals surface area contributed by atoms with Crippen LogP contribution in [0.2, 0.25) is 0 Å². The smallest absolute Gasteiger partial charge is 0.389 e. The Morgan fingerprint density at radius 3 is 2.60 bits per heavy atom. The Labute approximate surface area is 115 Å². The number of ether oxygens (including phenoxy) is 1. The van der Waals surface area contributed by atoms with Crippen molar-refractivity contribution in [2.45, 2.75) is 45.4 Å². The van der Waals surface area contributed by atoms with E-state index in [1.165, 1.54) is 6.33 Å². The van der Waals surface area contributed by atoms with Gasteiger partial charge in [0.05, 0.1) is 6.10 Å². The van der Waals surface area contributed by atoms with Crippen LogP contribution >= 0.6 is 0 Å². The molecule has 0 spiro atoms. The van der Waals surface area contributed by atoms with Crippen LogP contribution < -0.4 is 15.8 Å². The molecular formula is C12H19F3N4O. The number of nitrogens with two attached hydrogens (primary N) is 1. The van der Waals surface area contributed by atoms with E-state index in [-0.39, 0.29) is 24.1 Å². The molecule has 3 N–H and O–H groups in total. The first kappa shape index (κ1) is 16.3. The van der Waals surface area contributed by atoms with E-state index in [1.54, 1.807) is 0 Å². The summed E-state index contributed by atoms with van der Waals surface area (Å²) in [5.41, 5.74) is 6.08. The van der Waals surface area contributed by atoms with Gasteiger partial charge in [-0.1, -0.05) is 0 Å². The predicted molar refractivity (Wildman–Crippen MR) is 70.6 cm³/mol. The second-order valence-corrected chi connectivity index (χ2v) is 4.61. The molecule has 0 aliphatic heterocycles. The molecule has 0 unspecified atom stereocenters. The molecule has 0 atom stereocenters. The third-order valence-corrected chi connectivity index (χ3v) is 2.37. The number of nitrogen functional groups attached to an aromatic ring is 1. The van der Waals surface area contributed by atoms with Crippen LogP contribution in [0.5, 0.6) is 5.88 Å². The summed E-state index contributed by atoms with van der Waals surface area (Å²) < 4.78 is 41.3. The third-order valence-electron chi connectivity index (χ3n) is 2.37. The molecule has 0 fully saturated rings. The maximum absolute atomic E-state index is 12.0. The summed E-state index contributed by atoms with van der Waals surface area (Å²) in [6.07, 6.45) is -3.22. The van der Waals surface area contributed by atoms with Crippen molar-refractivity contribution in [1.82, 2.24) is 9.97 Å². The van der Waals surface area contributed by atoms with E-state index in [0.717, 1.165) is 0 Å². The van der Waals surface area contributed by atoms with Crippen LogP contribution in [-0.4, -0.2) is 28.8 Å². The summed E-state index contributed by atoms with van der Waals surface area (Å²) in [6, 6.07) is 0. The molecule has 1 rings (SSSR count). The van der Waals surface area contributed by atoms with Gasteiger partial charge in [0.15, 0.2) is 5.82 Å². The maximum atomic E-state index is 12.0. The van der Waals surface area contributed by atoms with E-state index in [4.69, 9.17) is 10.5 Å². The first-order valence-electron chi connectivity index (χ1n) is 6.37. The van der Waals surface area contributed by atoms with Crippen LogP contribution in [0.1, 0.15) is 33.1 Å². The van der Waals surface area contributed by atoms with Crippen LogP contribution in [-0.2, 0) is 0 Å². The first-order chi connectivity index (χ1) is 9.29. The standard InChI is InChI=1S/C12H19F3N4O/c1-8(2)20-11-9(16)10(18-7-19-11)17-6-4-3-5-12(13,14)15/h7-8H,3-6,16H2,1-2H3,(H,17,18,19). The number of halogens is 3. The van der Waals surface area contributed by atoms with Gasteiger partial charge in [0.25, 0.3) is 0 Å². The highest BCUT2D eigenvalue weighted by Crippen LogP contribution is 2.26. The van der Waals surface area contributed by atoms with Gasteiger partial charge in [-0.05, 0) is 26.7 Å². The number of anilines is 2. The zero-order chi connectivity index (χ0) is 15.2. The van der Waals surface area contributed by atoms with E-state index < -0.39 is 12.6 Å². The van der Waals surface area contributed by atoms with E-state index in [9.17, 15) is 13.2 Å². The lowest BCUT2D eigenvalue weighted by molar-refractivity contribution is -0.135. The van der Waals surface area contributed by atoms with E-state index in [1.807, 2.05) is 13.8 Å². The van der Waals surface area contributed by atoms with Gasteiger partial charge in [0, 0.05) is 13.0 Å². The van der Waals surface area contributed by atoms with Gasteiger partial charge in [-0.3, -0.25) is 0 Å². The molecule has 1 aromatic rings. The van der Waals surface area contributed by atoms with Crippen molar-refractivity contribution >= 4 is 11.5 Å². The number of nitrogens with one attached hydrogen (secondary N) is 1. The van der Waals surface area contributed by atoms with Crippen molar-refractivity contribution in [3.63, 3.8) is 0 Å². The normalized spacial score (nSPS) is 11.7. The Morgan fingerprint density at radius 1 is 1.30 bits per heavy atom. The van der Waals surface area contributed by atoms with Crippen LogP contribution in [0.3, 0.4) is 0 Å². The van der Waals surface area contributed by atoms with Crippen molar-refractivity contribution in [2.75, 3.05) is 17.6 Å². The zero-order valence-corrected chi connectivity index (χ0v) is 11.5. The average molecular weight is 292 g/mol. The first-order valence-corrected chi connectivity index (χ1v) is 6.37. The maximum Gasteiger partial charge on any atom is 0.389 e. The lowest BCUT2D eigenvalue weighted by Crippen LogP contribution is -2.13. The highest BCUT2D eigenvalue weighted by Gasteiger charge is 2.25. The number of hydrogen-bond acceptors (Lipinski definition) is 5. The fraction of sp³-hybridized carbons (Fsp3) is 0.667. The van der Waals surface area contributed by atoms with Gasteiger partial charge in [0.1, 0.15) is 12.0 Å². The van der Waals surface area contributed by atoms with E-state index in [0.29, 0.717) is 18.8 Å².